The largest absolute Gasteiger partial charge is 0.481 e. The lowest BCUT2D eigenvalue weighted by Gasteiger charge is -2.11. The van der Waals surface area contributed by atoms with Crippen LogP contribution in [0, 0.1) is 42.2 Å². The van der Waals surface area contributed by atoms with Gasteiger partial charge in [-0.05, 0) is 205 Å². The Balaban J connectivity index is 0.000000142. The lowest BCUT2D eigenvalue weighted by molar-refractivity contribution is -0.138. The number of hydrogen-bond acceptors (Lipinski definition) is 20. The zero-order valence-corrected chi connectivity index (χ0v) is 63.2. The number of benzene rings is 3. The predicted molar refractivity (Wildman–Crippen MR) is 407 cm³/mol. The molecule has 0 spiro atoms. The number of nitrogens with zero attached hydrogens (tertiary/aromatic N) is 20. The first-order chi connectivity index (χ1) is 54.9. The van der Waals surface area contributed by atoms with E-state index in [0.29, 0.717) is 87.9 Å². The Morgan fingerprint density at radius 3 is 1.37 bits per heavy atom. The zero-order chi connectivity index (χ0) is 80.2. The number of aromatic carboxylic acids is 1. The Kier molecular flexibility index (Phi) is 22.9. The molecule has 582 valence electrons. The van der Waals surface area contributed by atoms with Crippen LogP contribution in [0.4, 0.5) is 8.78 Å². The van der Waals surface area contributed by atoms with E-state index >= 15 is 0 Å². The van der Waals surface area contributed by atoms with Crippen LogP contribution in [0.1, 0.15) is 214 Å². The number of nitrogens with one attached hydrogen (secondary N) is 1. The summed E-state index contributed by atoms with van der Waals surface area (Å²) in [7, 11) is 0. The number of nitriles is 1. The number of aliphatic carboxylic acids is 2. The predicted octanol–water partition coefficient (Wildman–Crippen LogP) is 11.3. The van der Waals surface area contributed by atoms with Crippen molar-refractivity contribution in [2.45, 2.75) is 160 Å². The average molecular weight is 1580 g/mol. The molecule has 10 heterocycles. The number of nitrogen functional groups attached to an aromatic ring is 1. The highest BCUT2D eigenvalue weighted by Gasteiger charge is 2.30. The van der Waals surface area contributed by atoms with Crippen molar-refractivity contribution >= 4 is 81.2 Å². The Morgan fingerprint density at radius 2 is 0.947 bits per heavy atom. The van der Waals surface area contributed by atoms with E-state index in [2.05, 4.69) is 63.6 Å². The SMILES string of the molecule is Cc1cc(C(=N)N)cc(C)c1CCC(=O)c1cn(Cc2cn3cc(C4CC4)cc(C(=O)O)c3n2)nn1.N#CCc1ccc(Cl)c(F)c1CCC(=O)c1cn(Cc2cn3cc(C4CC4)cc(CCC(=O)O)c3n2)nn1.O=C(O)CCc1cc(C2CC2)cn2cc(Cn3cc(C(=O)CCc4c(-n5cnnn5)ccc(Cl)c4F)nn3)nc12. The zero-order valence-electron chi connectivity index (χ0n) is 61.7. The number of pyridine rings is 3. The molecule has 3 fully saturated rings. The molecular weight excluding hydrogens is 1510 g/mol. The van der Waals surface area contributed by atoms with Gasteiger partial charge in [0.05, 0.1) is 83.5 Å². The quantitative estimate of drug-likeness (QED) is 0.0153. The number of aromatic nitrogens is 19. The maximum absolute atomic E-state index is 14.8. The average Bonchev–Trinajstić information content (AvgIpc) is 1.82. The van der Waals surface area contributed by atoms with Crippen LogP contribution in [0.5, 0.6) is 0 Å². The van der Waals surface area contributed by atoms with Crippen molar-refractivity contribution < 1.29 is 52.9 Å². The fourth-order valence-corrected chi connectivity index (χ4v) is 14.3. The first-order valence-electron chi connectivity index (χ1n) is 36.8. The molecule has 3 aliphatic rings. The molecule has 31 nitrogen and oxygen atoms in total. The highest BCUT2D eigenvalue weighted by atomic mass is 35.5. The molecule has 0 saturated heterocycles. The number of carboxylic acid groups (broad SMARTS) is 3. The van der Waals surface area contributed by atoms with Crippen molar-refractivity contribution in [3.8, 4) is 11.8 Å². The van der Waals surface area contributed by atoms with Gasteiger partial charge in [0, 0.05) is 80.4 Å². The molecule has 10 aromatic heterocycles. The van der Waals surface area contributed by atoms with E-state index < -0.39 is 29.5 Å². The van der Waals surface area contributed by atoms with E-state index in [1.54, 1.807) is 35.0 Å². The first-order valence-corrected chi connectivity index (χ1v) is 37.6. The number of rotatable bonds is 31. The fourth-order valence-electron chi connectivity index (χ4n) is 13.9. The standard InChI is InChI=1S/C27H24ClFN6O3.C26H23ClFN9O3.C26H27N7O3/c28-22-6-3-17(9-10-30)21(26(22)29)5-7-24(36)23-15-35(33-32-23)14-20-13-34-12-19(16-1-2-16)11-18(27(34)31-20)4-8-25(37)38;27-20-5-6-22(37-14-29-32-34-37)19(25(20)28)4-7-23(38)21-13-36(33-31-21)12-18-11-35-10-17(15-1-2-15)9-16(26(35)30-18)3-8-24(39)40;1-14-7-17(24(27)28)8-15(2)20(14)5-6-23(34)22-13-33(31-30-22)12-19-11-32-10-18(16-3-4-16)9-21(26(35)36)25(32)29-19/h3,6,11-13,15-16H,1-2,4-5,7-9,14H2,(H,37,38);5-6,9-11,13-15H,1-4,7-8,12H2,(H,39,40);7-11,13,16H,3-6,12H2,1-2H3,(H3,27,28)(H,35,36). The van der Waals surface area contributed by atoms with Crippen LogP contribution in [-0.2, 0) is 67.7 Å². The number of aryl methyl sites for hydroxylation is 4. The Morgan fingerprint density at radius 1 is 0.526 bits per heavy atom. The molecule has 3 aliphatic carbocycles. The summed E-state index contributed by atoms with van der Waals surface area (Å²) in [6.45, 7) is 4.71. The highest BCUT2D eigenvalue weighted by molar-refractivity contribution is 6.31. The number of Topliss-reactive ketones (excluding diaryl/α,β-unsaturated/α-hetero) is 3. The second-order valence-corrected chi connectivity index (χ2v) is 29.5. The van der Waals surface area contributed by atoms with E-state index in [9.17, 15) is 42.7 Å². The highest BCUT2D eigenvalue weighted by Crippen LogP contribution is 2.43. The summed E-state index contributed by atoms with van der Waals surface area (Å²) in [6, 6.07) is 17.6. The van der Waals surface area contributed by atoms with Crippen LogP contribution < -0.4 is 5.73 Å². The van der Waals surface area contributed by atoms with Crippen molar-refractivity contribution in [1.82, 2.24) is 93.3 Å². The van der Waals surface area contributed by atoms with E-state index in [1.165, 1.54) is 60.7 Å². The second-order valence-electron chi connectivity index (χ2n) is 28.7. The third-order valence-electron chi connectivity index (χ3n) is 20.2. The number of amidine groups is 1. The molecule has 13 aromatic rings. The van der Waals surface area contributed by atoms with Gasteiger partial charge in [0.1, 0.15) is 57.7 Å². The van der Waals surface area contributed by atoms with Crippen LogP contribution in [0.25, 0.3) is 22.6 Å². The molecule has 0 amide bonds. The smallest absolute Gasteiger partial charge is 0.339 e. The van der Waals surface area contributed by atoms with Crippen LogP contribution in [0.3, 0.4) is 0 Å². The molecule has 3 saturated carbocycles. The van der Waals surface area contributed by atoms with Crippen molar-refractivity contribution in [2.24, 2.45) is 5.73 Å². The molecule has 3 aromatic carbocycles. The molecule has 35 heteroatoms. The van der Waals surface area contributed by atoms with Gasteiger partial charge in [-0.3, -0.25) is 29.4 Å². The number of hydrogen-bond donors (Lipinski definition) is 5. The molecular formula is C79H74Cl2F2N22O9. The first kappa shape index (κ1) is 77.8. The molecule has 114 heavy (non-hydrogen) atoms. The van der Waals surface area contributed by atoms with Gasteiger partial charge in [-0.25, -0.2) is 47.3 Å². The summed E-state index contributed by atoms with van der Waals surface area (Å²) in [6.07, 6.45) is 26.0. The van der Waals surface area contributed by atoms with Crippen LogP contribution in [0.15, 0.2) is 117 Å². The number of tetrazole rings is 1. The minimum Gasteiger partial charge on any atom is -0.481 e. The van der Waals surface area contributed by atoms with E-state index in [1.807, 2.05) is 71.8 Å². The topological polar surface area (TPSA) is 424 Å². The van der Waals surface area contributed by atoms with Crippen molar-refractivity contribution in [3.63, 3.8) is 0 Å². The molecule has 0 radical (unpaired) electrons. The molecule has 0 unspecified atom stereocenters. The van der Waals surface area contributed by atoms with Gasteiger partial charge >= 0.3 is 17.9 Å². The number of carbonyl (C=O) groups excluding carboxylic acids is 3. The van der Waals surface area contributed by atoms with Crippen molar-refractivity contribution in [1.29, 1.82) is 10.7 Å². The summed E-state index contributed by atoms with van der Waals surface area (Å²) in [5.74, 6) is -3.25. The van der Waals surface area contributed by atoms with Gasteiger partial charge in [0.15, 0.2) is 23.0 Å². The molecule has 0 bridgehead atoms. The van der Waals surface area contributed by atoms with E-state index in [-0.39, 0.29) is 138 Å². The second kappa shape index (κ2) is 33.5. The minimum atomic E-state index is -1.00. The number of nitrogens with two attached hydrogens (primary N) is 1. The summed E-state index contributed by atoms with van der Waals surface area (Å²) in [5.41, 5.74) is 20.4. The van der Waals surface area contributed by atoms with Gasteiger partial charge in [0.25, 0.3) is 0 Å². The lowest BCUT2D eigenvalue weighted by Crippen LogP contribution is -2.12. The van der Waals surface area contributed by atoms with Crippen molar-refractivity contribution in [3.05, 3.63) is 245 Å². The summed E-state index contributed by atoms with van der Waals surface area (Å²) < 4.78 is 40.9. The number of carboxylic acids is 3. The maximum atomic E-state index is 14.8. The Labute approximate surface area is 657 Å². The van der Waals surface area contributed by atoms with Gasteiger partial charge in [0.2, 0.25) is 0 Å². The number of ketones is 3. The van der Waals surface area contributed by atoms with Gasteiger partial charge in [-0.15, -0.1) is 20.4 Å². The van der Waals surface area contributed by atoms with Crippen LogP contribution in [0.2, 0.25) is 10.0 Å². The van der Waals surface area contributed by atoms with Gasteiger partial charge in [-0.2, -0.15) is 5.26 Å². The molecule has 16 rings (SSSR count). The van der Waals surface area contributed by atoms with Gasteiger partial charge < -0.3 is 34.3 Å². The van der Waals surface area contributed by atoms with E-state index in [4.69, 9.17) is 59.8 Å². The summed E-state index contributed by atoms with van der Waals surface area (Å²) >= 11 is 11.9. The van der Waals surface area contributed by atoms with Crippen molar-refractivity contribution in [2.75, 3.05) is 0 Å². The maximum Gasteiger partial charge on any atom is 0.339 e. The monoisotopic (exact) mass is 1580 g/mol. The number of imidazole rings is 3. The summed E-state index contributed by atoms with van der Waals surface area (Å²) in [5, 5.41) is 79.7. The minimum absolute atomic E-state index is 0.0143. The fraction of sp³-hybridized carbons (Fsp3) is 0.316. The number of carbonyl (C=O) groups is 6. The number of halogens is 4. The molecule has 6 N–H and O–H groups in total. The molecule has 0 aliphatic heterocycles. The number of fused-ring (bicyclic) bond motifs is 3. The normalized spacial score (nSPS) is 13.2. The third-order valence-corrected chi connectivity index (χ3v) is 20.8. The lowest BCUT2D eigenvalue weighted by atomic mass is 9.94. The van der Waals surface area contributed by atoms with E-state index in [0.717, 1.165) is 71.9 Å². The molecule has 0 atom stereocenters. The van der Waals surface area contributed by atoms with Crippen LogP contribution >= 0.6 is 23.2 Å². The summed E-state index contributed by atoms with van der Waals surface area (Å²) in [4.78, 5) is 86.5. The Bertz CT molecular complexity index is 5960. The Hall–Kier alpha value is -13.0. The van der Waals surface area contributed by atoms with Crippen LogP contribution in [-0.4, -0.2) is 150 Å². The van der Waals surface area contributed by atoms with Gasteiger partial charge in [-0.1, -0.05) is 57.0 Å². The third kappa shape index (κ3) is 18.3.